The molecule has 3 N–H and O–H groups in total. The Hall–Kier alpha value is -2.37. The maximum atomic E-state index is 12.6. The molecule has 2 aromatic heterocycles. The van der Waals surface area contributed by atoms with Crippen molar-refractivity contribution >= 4 is 39.4 Å². The molecule has 17 heteroatoms. The maximum absolute atomic E-state index is 12.6. The van der Waals surface area contributed by atoms with Crippen LogP contribution in [-0.4, -0.2) is 67.7 Å². The molecular weight excluding hydrogens is 455 g/mol. The first kappa shape index (κ1) is 23.9. The average molecular weight is 466 g/mol. The summed E-state index contributed by atoms with van der Waals surface area (Å²) in [5.41, 5.74) is -1.84. The van der Waals surface area contributed by atoms with E-state index in [1.54, 1.807) is 11.4 Å². The van der Waals surface area contributed by atoms with Crippen LogP contribution in [0.5, 0.6) is 0 Å². The van der Waals surface area contributed by atoms with Gasteiger partial charge in [0.1, 0.15) is 12.1 Å². The quantitative estimate of drug-likeness (QED) is 0.159. The van der Waals surface area contributed by atoms with Gasteiger partial charge >= 0.3 is 35.1 Å². The van der Waals surface area contributed by atoms with E-state index < -0.39 is 57.9 Å². The minimum Gasteiger partial charge on any atom is -0.731 e. The molecule has 154 valence electrons. The van der Waals surface area contributed by atoms with Gasteiger partial charge in [0.25, 0.3) is 11.8 Å². The van der Waals surface area contributed by atoms with Gasteiger partial charge < -0.3 is 20.4 Å². The Bertz CT molecular complexity index is 1130. The van der Waals surface area contributed by atoms with E-state index in [9.17, 15) is 37.4 Å². The van der Waals surface area contributed by atoms with Gasteiger partial charge in [0.2, 0.25) is 11.6 Å². The van der Waals surface area contributed by atoms with Gasteiger partial charge in [0.05, 0.1) is 6.54 Å². The van der Waals surface area contributed by atoms with Crippen LogP contribution in [0.4, 0.5) is 0 Å². The number of nitrogens with one attached hydrogen (secondary N) is 2. The van der Waals surface area contributed by atoms with Crippen LogP contribution in [0.2, 0.25) is 0 Å². The minimum atomic E-state index is -4.97. The van der Waals surface area contributed by atoms with Crippen molar-refractivity contribution in [2.45, 2.75) is 12.1 Å². The van der Waals surface area contributed by atoms with Crippen molar-refractivity contribution in [3.05, 3.63) is 44.8 Å². The summed E-state index contributed by atoms with van der Waals surface area (Å²) in [5, 5.41) is 18.6. The molecule has 0 aliphatic carbocycles. The fourth-order valence-corrected chi connectivity index (χ4v) is 3.81. The van der Waals surface area contributed by atoms with Crippen LogP contribution in [0.15, 0.2) is 28.6 Å². The minimum absolute atomic E-state index is 0. The molecule has 0 radical (unpaired) electrons. The predicted octanol–water partition coefficient (Wildman–Crippen LogP) is -5.80. The van der Waals surface area contributed by atoms with Crippen LogP contribution in [0.25, 0.3) is 0 Å². The largest absolute Gasteiger partial charge is 1.00 e. The molecule has 1 aliphatic rings. The number of carbonyl (C=O) groups excluding carboxylic acids is 3. The van der Waals surface area contributed by atoms with E-state index in [0.717, 1.165) is 11.3 Å². The zero-order chi connectivity index (χ0) is 21.3. The normalized spacial score (nSPS) is 16.8. The zero-order valence-electron chi connectivity index (χ0n) is 15.1. The number of hydrogen-bond donors (Lipinski definition) is 3. The Kier molecular flexibility index (Phi) is 7.32. The summed E-state index contributed by atoms with van der Waals surface area (Å²) in [7, 11) is -4.97. The van der Waals surface area contributed by atoms with Gasteiger partial charge in [-0.05, 0) is 11.4 Å². The maximum Gasteiger partial charge on any atom is 1.00 e. The number of rotatable bonds is 6. The molecular formula is C13H11N6NaO8S2. The summed E-state index contributed by atoms with van der Waals surface area (Å²) in [6.07, 6.45) is 0.667. The van der Waals surface area contributed by atoms with E-state index in [0.29, 0.717) is 11.2 Å². The molecule has 3 rings (SSSR count). The Morgan fingerprint density at radius 1 is 1.37 bits per heavy atom. The van der Waals surface area contributed by atoms with Crippen LogP contribution in [0, 0.1) is 0 Å². The molecule has 0 bridgehead atoms. The molecule has 30 heavy (non-hydrogen) atoms. The molecule has 1 aliphatic heterocycles. The van der Waals surface area contributed by atoms with Crippen molar-refractivity contribution in [2.75, 3.05) is 6.54 Å². The molecule has 2 aromatic rings. The third-order valence-electron chi connectivity index (χ3n) is 3.74. The number of thiophene rings is 1. The van der Waals surface area contributed by atoms with Gasteiger partial charge in [-0.3, -0.25) is 19.2 Å². The summed E-state index contributed by atoms with van der Waals surface area (Å²) >= 11 is 1.08. The van der Waals surface area contributed by atoms with E-state index in [4.69, 9.17) is 0 Å². The Labute approximate surface area is 194 Å². The van der Waals surface area contributed by atoms with Gasteiger partial charge in [-0.2, -0.15) is 4.98 Å². The summed E-state index contributed by atoms with van der Waals surface area (Å²) in [4.78, 5) is 52.0. The van der Waals surface area contributed by atoms with E-state index >= 15 is 0 Å². The van der Waals surface area contributed by atoms with Crippen molar-refractivity contribution in [1.29, 1.82) is 0 Å². The fraction of sp³-hybridized carbons (Fsp3) is 0.231. The average Bonchev–Trinajstić information content (AvgIpc) is 3.17. The second-order valence-electron chi connectivity index (χ2n) is 5.63. The smallest absolute Gasteiger partial charge is 0.731 e. The van der Waals surface area contributed by atoms with Gasteiger partial charge in [0.15, 0.2) is 16.6 Å². The molecule has 0 saturated carbocycles. The number of nitrogens with zero attached hydrogens (tertiary/aromatic N) is 4. The first-order valence-corrected chi connectivity index (χ1v) is 9.89. The standard InChI is InChI=1S/C13H12N6O8S2.Na/c20-10-9(17-19(24)5-14-10)12(22)16-8(7-2-1-3-28-7)11(21)15-6-4-18(13(6)23)29(25,26)27;/h1-3,5-6,8,24H,4H2,(H,15,21)(H,16,22)(H,25,26,27);/q;+1/p-1. The first-order chi connectivity index (χ1) is 13.6. The molecule has 1 fully saturated rings. The van der Waals surface area contributed by atoms with Crippen LogP contribution in [0.3, 0.4) is 0 Å². The van der Waals surface area contributed by atoms with Crippen molar-refractivity contribution in [3.63, 3.8) is 0 Å². The van der Waals surface area contributed by atoms with Crippen LogP contribution in [-0.2, 0) is 19.9 Å². The topological polar surface area (TPSA) is 204 Å². The van der Waals surface area contributed by atoms with Crippen molar-refractivity contribution in [3.8, 4) is 0 Å². The summed E-state index contributed by atoms with van der Waals surface area (Å²) in [5.74, 6) is -3.12. The Morgan fingerprint density at radius 3 is 2.63 bits per heavy atom. The summed E-state index contributed by atoms with van der Waals surface area (Å²) in [6.45, 7) is -0.541. The van der Waals surface area contributed by atoms with Crippen LogP contribution in [0.1, 0.15) is 21.4 Å². The Morgan fingerprint density at radius 2 is 2.07 bits per heavy atom. The molecule has 2 unspecified atom stereocenters. The molecule has 3 amide bonds. The molecule has 2 atom stereocenters. The van der Waals surface area contributed by atoms with Crippen LogP contribution >= 0.6 is 11.3 Å². The monoisotopic (exact) mass is 466 g/mol. The number of carbonyl (C=O) groups is 3. The van der Waals surface area contributed by atoms with E-state index in [2.05, 4.69) is 20.7 Å². The van der Waals surface area contributed by atoms with E-state index in [1.165, 1.54) is 6.07 Å². The number of aromatic nitrogens is 3. The van der Waals surface area contributed by atoms with Crippen molar-refractivity contribution < 1.29 is 62.1 Å². The first-order valence-electron chi connectivity index (χ1n) is 7.65. The number of β-lactam (4-membered cyclic amide) rings is 1. The predicted molar refractivity (Wildman–Crippen MR) is 91.3 cm³/mol. The van der Waals surface area contributed by atoms with Crippen molar-refractivity contribution in [1.82, 2.24) is 29.9 Å². The SMILES string of the molecule is O=C(NC(C(=O)NC1CN(S(=O)(=O)[O-])C1=O)c1cccs1)c1nn(O)cnc1=O.[Na+]. The third-order valence-corrected chi connectivity index (χ3v) is 5.55. The fourth-order valence-electron chi connectivity index (χ4n) is 2.36. The number of amides is 3. The summed E-state index contributed by atoms with van der Waals surface area (Å²) in [6, 6.07) is 0.432. The van der Waals surface area contributed by atoms with Crippen molar-refractivity contribution in [2.24, 2.45) is 0 Å². The molecule has 0 aromatic carbocycles. The van der Waals surface area contributed by atoms with Crippen LogP contribution < -0.4 is 45.8 Å². The van der Waals surface area contributed by atoms with Gasteiger partial charge in [0, 0.05) is 4.88 Å². The van der Waals surface area contributed by atoms with Gasteiger partial charge in [-0.15, -0.1) is 16.4 Å². The second-order valence-corrected chi connectivity index (χ2v) is 7.90. The summed E-state index contributed by atoms with van der Waals surface area (Å²) < 4.78 is 32.6. The number of hydrogen-bond acceptors (Lipinski definition) is 11. The Balaban J connectivity index is 0.00000320. The molecule has 3 heterocycles. The third kappa shape index (κ3) is 5.02. The molecule has 14 nitrogen and oxygen atoms in total. The second kappa shape index (κ2) is 9.19. The molecule has 0 spiro atoms. The molecule has 1 saturated heterocycles. The zero-order valence-corrected chi connectivity index (χ0v) is 18.7. The van der Waals surface area contributed by atoms with Gasteiger partial charge in [-0.1, -0.05) is 10.9 Å². The van der Waals surface area contributed by atoms with E-state index in [-0.39, 0.29) is 38.7 Å². The van der Waals surface area contributed by atoms with Gasteiger partial charge in [-0.25, -0.2) is 12.7 Å². The van der Waals surface area contributed by atoms with E-state index in [1.807, 2.05) is 0 Å².